The van der Waals surface area contributed by atoms with Gasteiger partial charge in [0.1, 0.15) is 5.82 Å². The van der Waals surface area contributed by atoms with E-state index < -0.39 is 5.60 Å². The van der Waals surface area contributed by atoms with Gasteiger partial charge in [0.15, 0.2) is 5.16 Å². The van der Waals surface area contributed by atoms with E-state index in [1.807, 2.05) is 32.0 Å². The van der Waals surface area contributed by atoms with Gasteiger partial charge in [-0.1, -0.05) is 59.8 Å². The van der Waals surface area contributed by atoms with Crippen LogP contribution in [0.3, 0.4) is 0 Å². The van der Waals surface area contributed by atoms with Crippen LogP contribution in [0.2, 0.25) is 0 Å². The average molecular weight is 368 g/mol. The van der Waals surface area contributed by atoms with Crippen molar-refractivity contribution in [2.75, 3.05) is 5.75 Å². The largest absolute Gasteiger partial charge is 0.390 e. The Labute approximate surface area is 159 Å². The first kappa shape index (κ1) is 18.7. The number of hydrogen-bond acceptors (Lipinski definition) is 4. The molecule has 26 heavy (non-hydrogen) atoms. The third-order valence-electron chi connectivity index (χ3n) is 4.05. The minimum atomic E-state index is -0.761. The Balaban J connectivity index is 2.03. The lowest BCUT2D eigenvalue weighted by molar-refractivity contribution is 0.107. The Bertz CT molecular complexity index is 882. The first-order valence-electron chi connectivity index (χ1n) is 8.74. The van der Waals surface area contributed by atoms with Gasteiger partial charge in [-0.05, 0) is 44.9 Å². The lowest BCUT2D eigenvalue weighted by atomic mass is 10.1. The standard InChI is InChI=1S/C21H25N3OS/c1-15-10-11-18(16(2)12-15)24-19(13-17-8-6-5-7-9-17)22-23-20(24)26-14-21(3,4)25/h5-12,25H,13-14H2,1-4H3. The zero-order valence-corrected chi connectivity index (χ0v) is 16.5. The molecule has 0 spiro atoms. The fourth-order valence-corrected chi connectivity index (χ4v) is 3.74. The molecule has 0 amide bonds. The van der Waals surface area contributed by atoms with Crippen LogP contribution in [0, 0.1) is 13.8 Å². The van der Waals surface area contributed by atoms with Crippen molar-refractivity contribution in [1.82, 2.24) is 14.8 Å². The van der Waals surface area contributed by atoms with Crippen LogP contribution in [0.25, 0.3) is 5.69 Å². The summed E-state index contributed by atoms with van der Waals surface area (Å²) in [6, 6.07) is 16.7. The van der Waals surface area contributed by atoms with Gasteiger partial charge in [-0.15, -0.1) is 10.2 Å². The molecular formula is C21H25N3OS. The van der Waals surface area contributed by atoms with Crippen molar-refractivity contribution in [1.29, 1.82) is 0 Å². The molecule has 1 N–H and O–H groups in total. The summed E-state index contributed by atoms with van der Waals surface area (Å²) in [6.45, 7) is 7.82. The van der Waals surface area contributed by atoms with E-state index >= 15 is 0 Å². The van der Waals surface area contributed by atoms with Crippen LogP contribution in [0.4, 0.5) is 0 Å². The predicted molar refractivity (Wildman–Crippen MR) is 107 cm³/mol. The molecule has 0 aliphatic heterocycles. The predicted octanol–water partition coefficient (Wildman–Crippen LogP) is 4.34. The summed E-state index contributed by atoms with van der Waals surface area (Å²) in [6.07, 6.45) is 0.713. The lowest BCUT2D eigenvalue weighted by Gasteiger charge is -2.17. The maximum atomic E-state index is 10.1. The van der Waals surface area contributed by atoms with Crippen LogP contribution in [-0.4, -0.2) is 31.2 Å². The first-order chi connectivity index (χ1) is 12.3. The lowest BCUT2D eigenvalue weighted by Crippen LogP contribution is -2.22. The fourth-order valence-electron chi connectivity index (χ4n) is 2.83. The normalized spacial score (nSPS) is 11.7. The van der Waals surface area contributed by atoms with Crippen LogP contribution in [-0.2, 0) is 6.42 Å². The molecule has 0 aliphatic carbocycles. The average Bonchev–Trinajstić information content (AvgIpc) is 2.96. The highest BCUT2D eigenvalue weighted by Crippen LogP contribution is 2.28. The fraction of sp³-hybridized carbons (Fsp3) is 0.333. The summed E-state index contributed by atoms with van der Waals surface area (Å²) in [5.41, 5.74) is 3.94. The van der Waals surface area contributed by atoms with Crippen molar-refractivity contribution in [3.05, 3.63) is 71.0 Å². The van der Waals surface area contributed by atoms with Crippen LogP contribution in [0.5, 0.6) is 0 Å². The molecule has 0 radical (unpaired) electrons. The zero-order chi connectivity index (χ0) is 18.7. The van der Waals surface area contributed by atoms with Crippen LogP contribution >= 0.6 is 11.8 Å². The quantitative estimate of drug-likeness (QED) is 0.659. The van der Waals surface area contributed by atoms with Gasteiger partial charge in [-0.3, -0.25) is 4.57 Å². The topological polar surface area (TPSA) is 50.9 Å². The van der Waals surface area contributed by atoms with Crippen molar-refractivity contribution >= 4 is 11.8 Å². The SMILES string of the molecule is Cc1ccc(-n2c(Cc3ccccc3)nnc2SCC(C)(C)O)c(C)c1. The molecule has 0 saturated carbocycles. The van der Waals surface area contributed by atoms with E-state index in [1.54, 1.807) is 0 Å². The van der Waals surface area contributed by atoms with Crippen molar-refractivity contribution in [3.8, 4) is 5.69 Å². The minimum Gasteiger partial charge on any atom is -0.390 e. The highest BCUT2D eigenvalue weighted by molar-refractivity contribution is 7.99. The van der Waals surface area contributed by atoms with E-state index in [0.717, 1.165) is 16.7 Å². The number of hydrogen-bond donors (Lipinski definition) is 1. The van der Waals surface area contributed by atoms with Crippen LogP contribution in [0.1, 0.15) is 36.4 Å². The highest BCUT2D eigenvalue weighted by atomic mass is 32.2. The molecular weight excluding hydrogens is 342 g/mol. The number of nitrogens with zero attached hydrogens (tertiary/aromatic N) is 3. The summed E-state index contributed by atoms with van der Waals surface area (Å²) in [4.78, 5) is 0. The van der Waals surface area contributed by atoms with Gasteiger partial charge in [0, 0.05) is 12.2 Å². The summed E-state index contributed by atoms with van der Waals surface area (Å²) < 4.78 is 2.12. The van der Waals surface area contributed by atoms with E-state index in [1.165, 1.54) is 28.5 Å². The molecule has 0 unspecified atom stereocenters. The smallest absolute Gasteiger partial charge is 0.195 e. The van der Waals surface area contributed by atoms with Crippen molar-refractivity contribution in [3.63, 3.8) is 0 Å². The molecule has 2 aromatic carbocycles. The number of benzene rings is 2. The second-order valence-corrected chi connectivity index (χ2v) is 8.23. The van der Waals surface area contributed by atoms with E-state index in [-0.39, 0.29) is 0 Å². The van der Waals surface area contributed by atoms with Gasteiger partial charge in [0.05, 0.1) is 11.3 Å². The van der Waals surface area contributed by atoms with E-state index in [9.17, 15) is 5.11 Å². The molecule has 0 aliphatic rings. The molecule has 0 atom stereocenters. The van der Waals surface area contributed by atoms with E-state index in [4.69, 9.17) is 0 Å². The second kappa shape index (κ2) is 7.64. The monoisotopic (exact) mass is 367 g/mol. The van der Waals surface area contributed by atoms with Crippen molar-refractivity contribution < 1.29 is 5.11 Å². The second-order valence-electron chi connectivity index (χ2n) is 7.29. The Morgan fingerprint density at radius 2 is 1.77 bits per heavy atom. The Morgan fingerprint density at radius 3 is 2.42 bits per heavy atom. The van der Waals surface area contributed by atoms with Gasteiger partial charge in [0.25, 0.3) is 0 Å². The number of aliphatic hydroxyl groups is 1. The molecule has 0 bridgehead atoms. The number of thioether (sulfide) groups is 1. The highest BCUT2D eigenvalue weighted by Gasteiger charge is 2.20. The van der Waals surface area contributed by atoms with Gasteiger partial charge in [0.2, 0.25) is 0 Å². The van der Waals surface area contributed by atoms with Gasteiger partial charge >= 0.3 is 0 Å². The summed E-state index contributed by atoms with van der Waals surface area (Å²) in [7, 11) is 0. The van der Waals surface area contributed by atoms with E-state index in [2.05, 4.69) is 58.9 Å². The van der Waals surface area contributed by atoms with E-state index in [0.29, 0.717) is 12.2 Å². The molecule has 3 rings (SSSR count). The maximum absolute atomic E-state index is 10.1. The third-order valence-corrected chi connectivity index (χ3v) is 5.43. The Kier molecular flexibility index (Phi) is 5.49. The summed E-state index contributed by atoms with van der Waals surface area (Å²) in [5.74, 6) is 1.46. The molecule has 4 nitrogen and oxygen atoms in total. The summed E-state index contributed by atoms with van der Waals surface area (Å²) in [5, 5.41) is 19.8. The Hall–Kier alpha value is -2.11. The number of aryl methyl sites for hydroxylation is 2. The molecule has 0 fully saturated rings. The molecule has 0 saturated heterocycles. The first-order valence-corrected chi connectivity index (χ1v) is 9.73. The molecule has 136 valence electrons. The van der Waals surface area contributed by atoms with Crippen molar-refractivity contribution in [2.24, 2.45) is 0 Å². The molecule has 5 heteroatoms. The van der Waals surface area contributed by atoms with Gasteiger partial charge < -0.3 is 5.11 Å². The van der Waals surface area contributed by atoms with Crippen LogP contribution < -0.4 is 0 Å². The third kappa shape index (κ3) is 4.54. The Morgan fingerprint density at radius 1 is 1.04 bits per heavy atom. The number of aromatic nitrogens is 3. The summed E-state index contributed by atoms with van der Waals surface area (Å²) >= 11 is 1.53. The minimum absolute atomic E-state index is 0.557. The van der Waals surface area contributed by atoms with Gasteiger partial charge in [-0.25, -0.2) is 0 Å². The van der Waals surface area contributed by atoms with Gasteiger partial charge in [-0.2, -0.15) is 0 Å². The maximum Gasteiger partial charge on any atom is 0.195 e. The molecule has 1 aromatic heterocycles. The van der Waals surface area contributed by atoms with Crippen molar-refractivity contribution in [2.45, 2.75) is 44.9 Å². The zero-order valence-electron chi connectivity index (χ0n) is 15.7. The molecule has 3 aromatic rings. The number of rotatable bonds is 6. The molecule has 1 heterocycles. The van der Waals surface area contributed by atoms with Crippen LogP contribution in [0.15, 0.2) is 53.7 Å².